The Morgan fingerprint density at radius 2 is 1.62 bits per heavy atom. The van der Waals surface area contributed by atoms with Crippen LogP contribution in [0.15, 0.2) is 42.5 Å². The molecular weight excluding hydrogens is 500 g/mol. The lowest BCUT2D eigenvalue weighted by Gasteiger charge is -2.31. The predicted molar refractivity (Wildman–Crippen MR) is 149 cm³/mol. The summed E-state index contributed by atoms with van der Waals surface area (Å²) in [6.07, 6.45) is 3.35. The molecule has 9 heteroatoms. The van der Waals surface area contributed by atoms with Crippen molar-refractivity contribution < 1.29 is 33.7 Å². The fourth-order valence-corrected chi connectivity index (χ4v) is 4.67. The van der Waals surface area contributed by atoms with Gasteiger partial charge in [-0.15, -0.1) is 0 Å². The fourth-order valence-electron chi connectivity index (χ4n) is 4.67. The topological polar surface area (TPSA) is 107 Å². The van der Waals surface area contributed by atoms with Gasteiger partial charge in [0.2, 0.25) is 17.6 Å². The normalized spacial score (nSPS) is 12.5. The molecule has 0 aliphatic rings. The van der Waals surface area contributed by atoms with E-state index in [0.717, 1.165) is 24.8 Å². The second kappa shape index (κ2) is 16.6. The van der Waals surface area contributed by atoms with Crippen molar-refractivity contribution in [2.45, 2.75) is 52.0 Å². The van der Waals surface area contributed by atoms with Crippen molar-refractivity contribution in [2.24, 2.45) is 11.8 Å². The number of nitrogens with zero attached hydrogens (tertiary/aromatic N) is 1. The molecule has 216 valence electrons. The van der Waals surface area contributed by atoms with E-state index in [0.29, 0.717) is 41.8 Å². The van der Waals surface area contributed by atoms with Crippen LogP contribution >= 0.6 is 0 Å². The highest BCUT2D eigenvalue weighted by molar-refractivity contribution is 5.88. The van der Waals surface area contributed by atoms with Crippen molar-refractivity contribution in [2.75, 3.05) is 41.6 Å². The van der Waals surface area contributed by atoms with E-state index in [4.69, 9.17) is 18.9 Å². The first-order valence-corrected chi connectivity index (χ1v) is 13.4. The molecule has 0 aromatic heterocycles. The Morgan fingerprint density at radius 3 is 2.21 bits per heavy atom. The Balaban J connectivity index is 2.29. The molecule has 0 saturated carbocycles. The smallest absolute Gasteiger partial charge is 0.250 e. The number of aryl methyl sites for hydroxylation is 1. The molecule has 0 heterocycles. The summed E-state index contributed by atoms with van der Waals surface area (Å²) < 4.78 is 21.6. The van der Waals surface area contributed by atoms with Crippen LogP contribution in [0.25, 0.3) is 0 Å². The van der Waals surface area contributed by atoms with E-state index in [9.17, 15) is 14.8 Å². The van der Waals surface area contributed by atoms with Gasteiger partial charge in [-0.1, -0.05) is 56.7 Å². The first-order chi connectivity index (χ1) is 18.8. The second-order valence-electron chi connectivity index (χ2n) is 9.78. The molecule has 0 fully saturated rings. The van der Waals surface area contributed by atoms with Crippen molar-refractivity contribution in [1.29, 1.82) is 0 Å². The Kier molecular flexibility index (Phi) is 13.6. The number of nitrogens with one attached hydrogen (secondary N) is 1. The number of ether oxygens (including phenoxy) is 4. The first-order valence-electron chi connectivity index (χ1n) is 13.4. The zero-order chi connectivity index (χ0) is 28.8. The number of carbonyl (C=O) groups excluding carboxylic acids is 2. The largest absolute Gasteiger partial charge is 0.493 e. The number of unbranched alkanes of at least 4 members (excludes halogenated alkanes) is 1. The van der Waals surface area contributed by atoms with Gasteiger partial charge >= 0.3 is 0 Å². The Morgan fingerprint density at radius 1 is 0.923 bits per heavy atom. The van der Waals surface area contributed by atoms with Gasteiger partial charge in [0.15, 0.2) is 11.5 Å². The molecule has 0 aliphatic carbocycles. The summed E-state index contributed by atoms with van der Waals surface area (Å²) in [6.45, 7) is 4.21. The summed E-state index contributed by atoms with van der Waals surface area (Å²) in [4.78, 5) is 26.6. The lowest BCUT2D eigenvalue weighted by Crippen LogP contribution is -2.53. The minimum atomic E-state index is -1.03. The number of rotatable bonds is 17. The Hall–Kier alpha value is -3.30. The summed E-state index contributed by atoms with van der Waals surface area (Å²) in [5, 5.41) is 14.4. The van der Waals surface area contributed by atoms with Crippen molar-refractivity contribution in [3.05, 3.63) is 53.6 Å². The van der Waals surface area contributed by atoms with E-state index >= 15 is 0 Å². The molecule has 2 amide bonds. The van der Waals surface area contributed by atoms with Gasteiger partial charge in [0.05, 0.1) is 27.9 Å². The van der Waals surface area contributed by atoms with Crippen LogP contribution in [0, 0.1) is 11.8 Å². The molecule has 2 N–H and O–H groups in total. The molecule has 0 aliphatic heterocycles. The Labute approximate surface area is 232 Å². The average Bonchev–Trinajstić information content (AvgIpc) is 2.94. The van der Waals surface area contributed by atoms with Crippen molar-refractivity contribution in [3.63, 3.8) is 0 Å². The van der Waals surface area contributed by atoms with Crippen LogP contribution in [0.1, 0.15) is 44.2 Å². The van der Waals surface area contributed by atoms with Gasteiger partial charge in [-0.3, -0.25) is 14.8 Å². The van der Waals surface area contributed by atoms with Gasteiger partial charge in [-0.25, -0.2) is 5.06 Å². The quantitative estimate of drug-likeness (QED) is 0.174. The van der Waals surface area contributed by atoms with E-state index in [1.54, 1.807) is 34.1 Å². The Bertz CT molecular complexity index is 1030. The maximum Gasteiger partial charge on any atom is 0.250 e. The third kappa shape index (κ3) is 9.14. The molecule has 39 heavy (non-hydrogen) atoms. The van der Waals surface area contributed by atoms with E-state index in [1.165, 1.54) is 19.8 Å². The van der Waals surface area contributed by atoms with Crippen molar-refractivity contribution >= 4 is 11.8 Å². The van der Waals surface area contributed by atoms with Crippen LogP contribution < -0.4 is 19.5 Å². The molecular formula is C30H44N2O7. The maximum atomic E-state index is 13.7. The van der Waals surface area contributed by atoms with Crippen LogP contribution in [-0.2, 0) is 27.2 Å². The molecule has 0 saturated heterocycles. The van der Waals surface area contributed by atoms with Gasteiger partial charge in [-0.05, 0) is 48.8 Å². The van der Waals surface area contributed by atoms with Gasteiger partial charge in [-0.2, -0.15) is 0 Å². The van der Waals surface area contributed by atoms with Gasteiger partial charge in [0, 0.05) is 19.6 Å². The number of hydrogen-bond donors (Lipinski definition) is 2. The third-order valence-electron chi connectivity index (χ3n) is 6.71. The average molecular weight is 545 g/mol. The molecule has 2 atom stereocenters. The summed E-state index contributed by atoms with van der Waals surface area (Å²) in [7, 11) is 6.15. The SMILES string of the molecule is COCCNC(=O)[C@@H](C(C)C)N(O)C(=O)[C@@H](CCCCc1ccccc1)Cc1ccc(OC)c(OC)c1OC. The molecule has 2 aromatic carbocycles. The highest BCUT2D eigenvalue weighted by Gasteiger charge is 2.35. The van der Waals surface area contributed by atoms with Crippen LogP contribution in [0.3, 0.4) is 0 Å². The zero-order valence-electron chi connectivity index (χ0n) is 24.1. The summed E-state index contributed by atoms with van der Waals surface area (Å²) >= 11 is 0. The van der Waals surface area contributed by atoms with Crippen molar-refractivity contribution in [1.82, 2.24) is 10.4 Å². The van der Waals surface area contributed by atoms with Gasteiger partial charge in [0.1, 0.15) is 6.04 Å². The van der Waals surface area contributed by atoms with Gasteiger partial charge < -0.3 is 24.3 Å². The summed E-state index contributed by atoms with van der Waals surface area (Å²) in [5.74, 6) is -0.411. The maximum absolute atomic E-state index is 13.7. The monoisotopic (exact) mass is 544 g/mol. The molecule has 2 aromatic rings. The highest BCUT2D eigenvalue weighted by atomic mass is 16.5. The zero-order valence-corrected chi connectivity index (χ0v) is 24.1. The van der Waals surface area contributed by atoms with Crippen molar-refractivity contribution in [3.8, 4) is 17.2 Å². The molecule has 9 nitrogen and oxygen atoms in total. The summed E-state index contributed by atoms with van der Waals surface area (Å²) in [6, 6.07) is 12.8. The number of hydroxylamine groups is 2. The number of benzene rings is 2. The molecule has 2 rings (SSSR count). The third-order valence-corrected chi connectivity index (χ3v) is 6.71. The minimum Gasteiger partial charge on any atom is -0.493 e. The number of methoxy groups -OCH3 is 4. The summed E-state index contributed by atoms with van der Waals surface area (Å²) in [5.41, 5.74) is 1.98. The van der Waals surface area contributed by atoms with Crippen LogP contribution in [-0.4, -0.2) is 69.7 Å². The second-order valence-corrected chi connectivity index (χ2v) is 9.78. The van der Waals surface area contributed by atoms with Crippen LogP contribution in [0.2, 0.25) is 0 Å². The van der Waals surface area contributed by atoms with E-state index in [1.807, 2.05) is 24.3 Å². The van der Waals surface area contributed by atoms with Crippen LogP contribution in [0.5, 0.6) is 17.2 Å². The first kappa shape index (κ1) is 31.9. The molecule has 0 radical (unpaired) electrons. The van der Waals surface area contributed by atoms with E-state index < -0.39 is 23.8 Å². The number of amides is 2. The fraction of sp³-hybridized carbons (Fsp3) is 0.533. The molecule has 0 spiro atoms. The van der Waals surface area contributed by atoms with Crippen LogP contribution in [0.4, 0.5) is 0 Å². The molecule has 0 unspecified atom stereocenters. The predicted octanol–water partition coefficient (Wildman–Crippen LogP) is 4.29. The standard InChI is InChI=1S/C30H44N2O7/c1-21(2)26(29(33)31-18-19-36-3)32(35)30(34)24(15-11-10-14-22-12-8-7-9-13-22)20-23-16-17-25(37-4)28(39-6)27(23)38-5/h7-9,12-13,16-17,21,24,26,35H,10-11,14-15,18-20H2,1-6H3,(H,31,33)/t24-,26+/m0/s1. The van der Waals surface area contributed by atoms with Gasteiger partial charge in [0.25, 0.3) is 0 Å². The lowest BCUT2D eigenvalue weighted by molar-refractivity contribution is -0.188. The molecule has 0 bridgehead atoms. The lowest BCUT2D eigenvalue weighted by atomic mass is 9.90. The van der Waals surface area contributed by atoms with E-state index in [2.05, 4.69) is 17.4 Å². The highest BCUT2D eigenvalue weighted by Crippen LogP contribution is 2.41. The number of hydrogen-bond acceptors (Lipinski definition) is 7. The number of carbonyl (C=O) groups is 2. The van der Waals surface area contributed by atoms with E-state index in [-0.39, 0.29) is 12.5 Å². The minimum absolute atomic E-state index is 0.284.